The van der Waals surface area contributed by atoms with Crippen molar-refractivity contribution in [2.75, 3.05) is 11.5 Å². The summed E-state index contributed by atoms with van der Waals surface area (Å²) in [6, 6.07) is 29.7. The number of hydrogen-bond acceptors (Lipinski definition) is 9. The predicted octanol–water partition coefficient (Wildman–Crippen LogP) is 2.62. The SMILES string of the molecule is CC(C)(C)[Si](OC[C@H]1C[C@@H]2C(=O)N(c3cccc(B(O)O)c3)C(=O)[C@@H]2[C@@H]2C[C@@H](c3ccc(CO)o3)O[C@]12O)(c1ccccc1)c1ccccc1. The topological polar surface area (TPSA) is 150 Å². The van der Waals surface area contributed by atoms with Crippen LogP contribution in [-0.4, -0.2) is 59.9 Å². The second kappa shape index (κ2) is 13.0. The van der Waals surface area contributed by atoms with Gasteiger partial charge in [0.2, 0.25) is 11.8 Å². The zero-order valence-corrected chi connectivity index (χ0v) is 29.3. The summed E-state index contributed by atoms with van der Waals surface area (Å²) in [5, 5.41) is 43.8. The lowest BCUT2D eigenvalue weighted by molar-refractivity contribution is -0.274. The Morgan fingerprint density at radius 2 is 1.56 bits per heavy atom. The average Bonchev–Trinajstić information content (AvgIpc) is 3.79. The van der Waals surface area contributed by atoms with E-state index in [1.165, 1.54) is 12.1 Å². The molecule has 0 radical (unpaired) electrons. The molecule has 260 valence electrons. The molecule has 1 aliphatic carbocycles. The number of amides is 2. The lowest BCUT2D eigenvalue weighted by Gasteiger charge is -2.48. The Labute approximate surface area is 292 Å². The number of benzene rings is 3. The Morgan fingerprint density at radius 1 is 0.900 bits per heavy atom. The van der Waals surface area contributed by atoms with Crippen LogP contribution in [0.2, 0.25) is 5.04 Å². The van der Waals surface area contributed by atoms with Crippen molar-refractivity contribution in [3.63, 3.8) is 0 Å². The Morgan fingerprint density at radius 3 is 2.14 bits per heavy atom. The van der Waals surface area contributed by atoms with E-state index in [-0.39, 0.29) is 42.2 Å². The minimum Gasteiger partial charge on any atom is -0.461 e. The van der Waals surface area contributed by atoms with Gasteiger partial charge in [-0.2, -0.15) is 0 Å². The highest BCUT2D eigenvalue weighted by molar-refractivity contribution is 6.99. The molecule has 0 bridgehead atoms. The van der Waals surface area contributed by atoms with Crippen LogP contribution in [0.1, 0.15) is 51.2 Å². The molecule has 6 atom stereocenters. The Bertz CT molecular complexity index is 1820. The van der Waals surface area contributed by atoms with Gasteiger partial charge in [0.25, 0.3) is 8.32 Å². The molecule has 1 aromatic heterocycles. The quantitative estimate of drug-likeness (QED) is 0.153. The van der Waals surface area contributed by atoms with Crippen LogP contribution in [-0.2, 0) is 25.4 Å². The molecule has 3 aromatic carbocycles. The van der Waals surface area contributed by atoms with Crippen LogP contribution in [0.4, 0.5) is 5.69 Å². The number of aliphatic hydroxyl groups is 2. The maximum Gasteiger partial charge on any atom is 0.488 e. The molecule has 2 aliphatic heterocycles. The van der Waals surface area contributed by atoms with Crippen LogP contribution in [0.5, 0.6) is 0 Å². The second-order valence-corrected chi connectivity index (χ2v) is 19.0. The largest absolute Gasteiger partial charge is 0.488 e. The van der Waals surface area contributed by atoms with Crippen molar-refractivity contribution in [2.45, 2.75) is 57.1 Å². The third kappa shape index (κ3) is 5.59. The van der Waals surface area contributed by atoms with Crippen LogP contribution >= 0.6 is 0 Å². The van der Waals surface area contributed by atoms with E-state index in [1.54, 1.807) is 24.3 Å². The fourth-order valence-corrected chi connectivity index (χ4v) is 13.2. The Balaban J connectivity index is 1.30. The summed E-state index contributed by atoms with van der Waals surface area (Å²) in [6.07, 6.45) is -0.399. The summed E-state index contributed by atoms with van der Waals surface area (Å²) in [4.78, 5) is 29.6. The molecule has 2 saturated heterocycles. The first-order chi connectivity index (χ1) is 23.9. The van der Waals surface area contributed by atoms with E-state index in [1.807, 2.05) is 36.4 Å². The van der Waals surface area contributed by atoms with Crippen LogP contribution in [0.25, 0.3) is 0 Å². The standard InChI is InChI=1S/C38H42BNO9Si/c1-37(2,3)50(28-13-6-4-7-14-28,29-15-8-5-9-16-29)47-23-24-19-30-34(31-21-33(49-38(24,31)44)32-18-17-27(22-41)48-32)36(43)40(35(30)42)26-12-10-11-25(20-26)39(45)46/h4-18,20,24,30-31,33-34,41,44-46H,19,21-23H2,1-3H3/t24-,30+,31+,33+,34+,38-/m1/s1. The molecule has 2 amide bonds. The summed E-state index contributed by atoms with van der Waals surface area (Å²) in [5.74, 6) is -5.11. The molecule has 3 aliphatic rings. The lowest BCUT2D eigenvalue weighted by atomic mass is 9.64. The maximum atomic E-state index is 14.3. The molecule has 1 saturated carbocycles. The van der Waals surface area contributed by atoms with Gasteiger partial charge in [0, 0.05) is 18.4 Å². The minimum absolute atomic E-state index is 0.0595. The number of imide groups is 1. The number of nitrogens with zero attached hydrogens (tertiary/aromatic N) is 1. The van der Waals surface area contributed by atoms with Gasteiger partial charge in [-0.15, -0.1) is 0 Å². The molecule has 3 fully saturated rings. The van der Waals surface area contributed by atoms with Gasteiger partial charge in [-0.25, -0.2) is 0 Å². The Kier molecular flexibility index (Phi) is 9.00. The molecule has 0 spiro atoms. The first-order valence-corrected chi connectivity index (χ1v) is 19.0. The normalized spacial score (nSPS) is 26.6. The summed E-state index contributed by atoms with van der Waals surface area (Å²) in [5.41, 5.74) is 0.380. The molecule has 12 heteroatoms. The molecule has 10 nitrogen and oxygen atoms in total. The Hall–Kier alpha value is -3.88. The lowest BCUT2D eigenvalue weighted by Crippen LogP contribution is -2.67. The van der Waals surface area contributed by atoms with Gasteiger partial charge < -0.3 is 33.8 Å². The predicted molar refractivity (Wildman–Crippen MR) is 189 cm³/mol. The molecule has 50 heavy (non-hydrogen) atoms. The summed E-state index contributed by atoms with van der Waals surface area (Å²) >= 11 is 0. The van der Waals surface area contributed by atoms with Gasteiger partial charge >= 0.3 is 7.12 Å². The third-order valence-electron chi connectivity index (χ3n) is 10.9. The summed E-state index contributed by atoms with van der Waals surface area (Å²) in [7, 11) is -4.84. The number of fused-ring (bicyclic) bond motifs is 3. The van der Waals surface area contributed by atoms with Gasteiger partial charge in [-0.1, -0.05) is 93.6 Å². The van der Waals surface area contributed by atoms with Gasteiger partial charge in [0.05, 0.1) is 17.5 Å². The number of anilines is 1. The zero-order chi connectivity index (χ0) is 35.4. The molecule has 0 unspecified atom stereocenters. The number of ether oxygens (including phenoxy) is 1. The fraction of sp³-hybridized carbons (Fsp3) is 0.368. The summed E-state index contributed by atoms with van der Waals surface area (Å²) < 4.78 is 19.6. The number of rotatable bonds is 9. The molecular weight excluding hydrogens is 653 g/mol. The van der Waals surface area contributed by atoms with Crippen molar-refractivity contribution in [3.8, 4) is 0 Å². The van der Waals surface area contributed by atoms with Crippen LogP contribution < -0.4 is 20.7 Å². The minimum atomic E-state index is -3.06. The van der Waals surface area contributed by atoms with E-state index in [9.17, 15) is 29.9 Å². The number of carbonyl (C=O) groups is 2. The first-order valence-electron chi connectivity index (χ1n) is 17.1. The average molecular weight is 696 g/mol. The van der Waals surface area contributed by atoms with Crippen molar-refractivity contribution < 1.29 is 43.4 Å². The highest BCUT2D eigenvalue weighted by atomic mass is 28.4. The van der Waals surface area contributed by atoms with Crippen molar-refractivity contribution in [1.29, 1.82) is 0 Å². The van der Waals surface area contributed by atoms with Gasteiger partial charge in [0.1, 0.15) is 24.2 Å². The number of aliphatic hydroxyl groups excluding tert-OH is 1. The van der Waals surface area contributed by atoms with E-state index >= 15 is 0 Å². The van der Waals surface area contributed by atoms with E-state index < -0.39 is 62.8 Å². The molecule has 4 N–H and O–H groups in total. The van der Waals surface area contributed by atoms with E-state index in [2.05, 4.69) is 45.0 Å². The first kappa shape index (κ1) is 34.6. The van der Waals surface area contributed by atoms with Crippen LogP contribution in [0.3, 0.4) is 0 Å². The highest BCUT2D eigenvalue weighted by Gasteiger charge is 2.67. The van der Waals surface area contributed by atoms with Crippen molar-refractivity contribution in [1.82, 2.24) is 0 Å². The van der Waals surface area contributed by atoms with Crippen LogP contribution in [0, 0.1) is 23.7 Å². The maximum absolute atomic E-state index is 14.3. The third-order valence-corrected chi connectivity index (χ3v) is 15.9. The molecule has 3 heterocycles. The van der Waals surface area contributed by atoms with Crippen molar-refractivity contribution >= 4 is 48.8 Å². The monoisotopic (exact) mass is 695 g/mol. The van der Waals surface area contributed by atoms with Gasteiger partial charge in [-0.05, 0) is 58.0 Å². The number of carbonyl (C=O) groups excluding carboxylic acids is 2. The smallest absolute Gasteiger partial charge is 0.461 e. The number of hydrogen-bond donors (Lipinski definition) is 4. The van der Waals surface area contributed by atoms with Gasteiger partial charge in [-0.3, -0.25) is 14.5 Å². The fourth-order valence-electron chi connectivity index (χ4n) is 8.57. The van der Waals surface area contributed by atoms with E-state index in [0.717, 1.165) is 15.3 Å². The van der Waals surface area contributed by atoms with Crippen molar-refractivity contribution in [2.24, 2.45) is 23.7 Å². The van der Waals surface area contributed by atoms with Crippen molar-refractivity contribution in [3.05, 3.63) is 109 Å². The molecular formula is C38H42BNO9Si. The van der Waals surface area contributed by atoms with E-state index in [4.69, 9.17) is 13.6 Å². The molecule has 4 aromatic rings. The van der Waals surface area contributed by atoms with Crippen LogP contribution in [0.15, 0.2) is 101 Å². The highest BCUT2D eigenvalue weighted by Crippen LogP contribution is 2.59. The zero-order valence-electron chi connectivity index (χ0n) is 28.3. The second-order valence-electron chi connectivity index (χ2n) is 14.7. The number of furan rings is 1. The molecule has 7 rings (SSSR count). The summed E-state index contributed by atoms with van der Waals surface area (Å²) in [6.45, 7) is 6.26. The van der Waals surface area contributed by atoms with E-state index in [0.29, 0.717) is 11.5 Å². The van der Waals surface area contributed by atoms with Gasteiger partial charge in [0.15, 0.2) is 5.79 Å².